The van der Waals surface area contributed by atoms with E-state index in [4.69, 9.17) is 18.6 Å². The highest BCUT2D eigenvalue weighted by Crippen LogP contribution is 2.34. The largest absolute Gasteiger partial charge is 0.508 e. The van der Waals surface area contributed by atoms with E-state index in [-0.39, 0.29) is 17.5 Å². The number of anilines is 1. The molecule has 1 aliphatic heterocycles. The lowest BCUT2D eigenvalue weighted by Gasteiger charge is -2.43. The first kappa shape index (κ1) is 28.4. The van der Waals surface area contributed by atoms with Gasteiger partial charge in [0, 0.05) is 30.0 Å². The molecule has 3 N–H and O–H groups in total. The standard InChI is InChI=1S/C30H35NO8/c1-16(2)7-8-18-13-20(9-11-22(18)32)27(34)31-21-14-19-10-12-24(17(3)26(19)38-28(21)35)37-29-23(33)15-25(36-6)30(4,5)39-29/h7,9-14,23,25,29,32-33H,8,15H2,1-6H3,(H,31,34)/t23-,25?,29?/m1/s1. The van der Waals surface area contributed by atoms with Crippen LogP contribution in [0.3, 0.4) is 0 Å². The van der Waals surface area contributed by atoms with Gasteiger partial charge in [-0.2, -0.15) is 0 Å². The number of amides is 1. The Kier molecular flexibility index (Phi) is 8.15. The van der Waals surface area contributed by atoms with E-state index in [1.165, 1.54) is 12.1 Å². The minimum Gasteiger partial charge on any atom is -0.508 e. The van der Waals surface area contributed by atoms with Crippen LogP contribution in [0, 0.1) is 6.92 Å². The third-order valence-electron chi connectivity index (χ3n) is 6.91. The average molecular weight is 538 g/mol. The Hall–Kier alpha value is -3.66. The van der Waals surface area contributed by atoms with E-state index in [2.05, 4.69) is 5.32 Å². The fraction of sp³-hybridized carbons (Fsp3) is 0.400. The minimum atomic E-state index is -0.931. The van der Waals surface area contributed by atoms with Gasteiger partial charge in [0.15, 0.2) is 0 Å². The predicted molar refractivity (Wildman–Crippen MR) is 147 cm³/mol. The molecule has 208 valence electrons. The normalized spacial score (nSPS) is 20.4. The maximum Gasteiger partial charge on any atom is 0.360 e. The molecule has 0 radical (unpaired) electrons. The van der Waals surface area contributed by atoms with Gasteiger partial charge in [0.2, 0.25) is 6.29 Å². The second kappa shape index (κ2) is 11.2. The fourth-order valence-electron chi connectivity index (χ4n) is 4.60. The fourth-order valence-corrected chi connectivity index (χ4v) is 4.60. The van der Waals surface area contributed by atoms with Crippen LogP contribution >= 0.6 is 0 Å². The van der Waals surface area contributed by atoms with Crippen molar-refractivity contribution in [2.24, 2.45) is 0 Å². The monoisotopic (exact) mass is 537 g/mol. The van der Waals surface area contributed by atoms with E-state index < -0.39 is 29.5 Å². The number of allylic oxidation sites excluding steroid dienone is 2. The number of carbonyl (C=O) groups is 1. The van der Waals surface area contributed by atoms with Gasteiger partial charge in [-0.1, -0.05) is 11.6 Å². The van der Waals surface area contributed by atoms with Crippen molar-refractivity contribution in [3.05, 3.63) is 75.2 Å². The number of rotatable bonds is 7. The molecule has 1 saturated heterocycles. The first-order valence-corrected chi connectivity index (χ1v) is 12.8. The third kappa shape index (κ3) is 6.16. The molecule has 2 heterocycles. The highest BCUT2D eigenvalue weighted by Gasteiger charge is 2.44. The van der Waals surface area contributed by atoms with Crippen LogP contribution in [0.5, 0.6) is 11.5 Å². The van der Waals surface area contributed by atoms with Gasteiger partial charge >= 0.3 is 5.63 Å². The maximum absolute atomic E-state index is 12.9. The van der Waals surface area contributed by atoms with Crippen molar-refractivity contribution in [1.29, 1.82) is 0 Å². The number of carbonyl (C=O) groups excluding carboxylic acids is 1. The molecule has 1 amide bonds. The van der Waals surface area contributed by atoms with Gasteiger partial charge in [0.05, 0.1) is 11.7 Å². The van der Waals surface area contributed by atoms with Gasteiger partial charge in [-0.05, 0) is 83.0 Å². The molecular formula is C30H35NO8. The summed E-state index contributed by atoms with van der Waals surface area (Å²) in [6.07, 6.45) is 0.640. The lowest BCUT2D eigenvalue weighted by Crippen LogP contribution is -2.55. The lowest BCUT2D eigenvalue weighted by molar-refractivity contribution is -0.271. The molecule has 4 rings (SSSR count). The number of methoxy groups -OCH3 is 1. The molecule has 2 aromatic carbocycles. The second-order valence-corrected chi connectivity index (χ2v) is 10.6. The summed E-state index contributed by atoms with van der Waals surface area (Å²) in [5, 5.41) is 23.9. The van der Waals surface area contributed by atoms with Gasteiger partial charge in [0.25, 0.3) is 5.91 Å². The number of hydrogen-bond donors (Lipinski definition) is 3. The third-order valence-corrected chi connectivity index (χ3v) is 6.91. The lowest BCUT2D eigenvalue weighted by atomic mass is 9.92. The SMILES string of the molecule is COC1C[C@@H](O)C(Oc2ccc3cc(NC(=O)c4ccc(O)c(CC=C(C)C)c4)c(=O)oc3c2C)OC1(C)C. The number of ether oxygens (including phenoxy) is 3. The Bertz CT molecular complexity index is 1470. The van der Waals surface area contributed by atoms with Crippen molar-refractivity contribution in [3.8, 4) is 11.5 Å². The maximum atomic E-state index is 12.9. The molecule has 0 bridgehead atoms. The number of aliphatic hydroxyl groups is 1. The second-order valence-electron chi connectivity index (χ2n) is 10.6. The van der Waals surface area contributed by atoms with Gasteiger partial charge in [-0.15, -0.1) is 0 Å². The topological polar surface area (TPSA) is 127 Å². The molecule has 2 unspecified atom stereocenters. The number of nitrogens with one attached hydrogen (secondary N) is 1. The highest BCUT2D eigenvalue weighted by atomic mass is 16.7. The van der Waals surface area contributed by atoms with Crippen molar-refractivity contribution in [3.63, 3.8) is 0 Å². The Morgan fingerprint density at radius 2 is 1.95 bits per heavy atom. The summed E-state index contributed by atoms with van der Waals surface area (Å²) in [6, 6.07) is 9.49. The number of fused-ring (bicyclic) bond motifs is 1. The first-order chi connectivity index (χ1) is 18.4. The van der Waals surface area contributed by atoms with E-state index in [9.17, 15) is 19.8 Å². The van der Waals surface area contributed by atoms with E-state index in [1.54, 1.807) is 38.3 Å². The molecule has 1 aliphatic rings. The summed E-state index contributed by atoms with van der Waals surface area (Å²) in [7, 11) is 1.57. The molecule has 9 heteroatoms. The molecule has 39 heavy (non-hydrogen) atoms. The summed E-state index contributed by atoms with van der Waals surface area (Å²) >= 11 is 0. The van der Waals surface area contributed by atoms with Crippen molar-refractivity contribution >= 4 is 22.6 Å². The van der Waals surface area contributed by atoms with Crippen LogP contribution < -0.4 is 15.7 Å². The Labute approximate surface area is 227 Å². The Morgan fingerprint density at radius 1 is 1.21 bits per heavy atom. The zero-order valence-corrected chi connectivity index (χ0v) is 23.0. The Morgan fingerprint density at radius 3 is 2.64 bits per heavy atom. The number of aromatic hydroxyl groups is 1. The number of aliphatic hydroxyl groups excluding tert-OH is 1. The molecule has 1 aromatic heterocycles. The quantitative estimate of drug-likeness (QED) is 0.288. The zero-order chi connectivity index (χ0) is 28.5. The first-order valence-electron chi connectivity index (χ1n) is 12.8. The summed E-state index contributed by atoms with van der Waals surface area (Å²) < 4.78 is 23.0. The molecule has 9 nitrogen and oxygen atoms in total. The van der Waals surface area contributed by atoms with E-state index in [1.807, 2.05) is 33.8 Å². The number of aryl methyl sites for hydroxylation is 1. The van der Waals surface area contributed by atoms with E-state index in [0.29, 0.717) is 46.3 Å². The summed E-state index contributed by atoms with van der Waals surface area (Å²) in [4.78, 5) is 25.7. The van der Waals surface area contributed by atoms with Crippen LogP contribution in [-0.4, -0.2) is 47.3 Å². The summed E-state index contributed by atoms with van der Waals surface area (Å²) in [6.45, 7) is 9.38. The van der Waals surface area contributed by atoms with Crippen molar-refractivity contribution in [2.75, 3.05) is 12.4 Å². The molecule has 0 spiro atoms. The molecule has 3 atom stereocenters. The molecule has 3 aromatic rings. The van der Waals surface area contributed by atoms with Crippen LogP contribution in [0.15, 0.2) is 57.3 Å². The number of hydrogen-bond acceptors (Lipinski definition) is 8. The number of phenolic OH excluding ortho intramolecular Hbond substituents is 1. The summed E-state index contributed by atoms with van der Waals surface area (Å²) in [5.74, 6) is -0.0145. The summed E-state index contributed by atoms with van der Waals surface area (Å²) in [5.41, 5.74) is 1.42. The van der Waals surface area contributed by atoms with Crippen molar-refractivity contribution in [2.45, 2.75) is 71.6 Å². The van der Waals surface area contributed by atoms with Crippen LogP contribution in [0.25, 0.3) is 11.0 Å². The van der Waals surface area contributed by atoms with Crippen molar-refractivity contribution in [1.82, 2.24) is 0 Å². The van der Waals surface area contributed by atoms with Crippen LogP contribution in [0.4, 0.5) is 5.69 Å². The highest BCUT2D eigenvalue weighted by molar-refractivity contribution is 6.05. The van der Waals surface area contributed by atoms with Gasteiger partial charge < -0.3 is 34.2 Å². The predicted octanol–water partition coefficient (Wildman–Crippen LogP) is 4.85. The Balaban J connectivity index is 1.56. The molecule has 1 fully saturated rings. The van der Waals surface area contributed by atoms with E-state index in [0.717, 1.165) is 5.57 Å². The zero-order valence-electron chi connectivity index (χ0n) is 23.0. The average Bonchev–Trinajstić information content (AvgIpc) is 2.87. The van der Waals surface area contributed by atoms with Crippen LogP contribution in [0.2, 0.25) is 0 Å². The number of phenols is 1. The van der Waals surface area contributed by atoms with Crippen LogP contribution in [0.1, 0.15) is 55.6 Å². The van der Waals surface area contributed by atoms with Crippen LogP contribution in [-0.2, 0) is 15.9 Å². The van der Waals surface area contributed by atoms with Gasteiger partial charge in [0.1, 0.15) is 28.9 Å². The molecule has 0 saturated carbocycles. The van der Waals surface area contributed by atoms with Gasteiger partial charge in [-0.25, -0.2) is 4.79 Å². The number of benzene rings is 2. The molecular weight excluding hydrogens is 502 g/mol. The minimum absolute atomic E-state index is 0.0158. The smallest absolute Gasteiger partial charge is 0.360 e. The van der Waals surface area contributed by atoms with E-state index >= 15 is 0 Å². The van der Waals surface area contributed by atoms with Gasteiger partial charge in [-0.3, -0.25) is 4.79 Å². The van der Waals surface area contributed by atoms with Crippen molar-refractivity contribution < 1.29 is 33.6 Å². The molecule has 0 aliphatic carbocycles.